The van der Waals surface area contributed by atoms with E-state index in [9.17, 15) is 9.59 Å². The molecule has 0 unspecified atom stereocenters. The average Bonchev–Trinajstić information content (AvgIpc) is 2.36. The second kappa shape index (κ2) is 8.19. The normalized spacial score (nSPS) is 10.2. The van der Waals surface area contributed by atoms with E-state index in [0.717, 1.165) is 4.47 Å². The van der Waals surface area contributed by atoms with E-state index in [2.05, 4.69) is 21.2 Å². The Morgan fingerprint density at radius 3 is 2.84 bits per heavy atom. The van der Waals surface area contributed by atoms with Crippen molar-refractivity contribution in [3.05, 3.63) is 28.2 Å². The van der Waals surface area contributed by atoms with Crippen molar-refractivity contribution in [1.82, 2.24) is 5.32 Å². The summed E-state index contributed by atoms with van der Waals surface area (Å²) in [7, 11) is 1.56. The first-order valence-corrected chi connectivity index (χ1v) is 7.23. The monoisotopic (exact) mass is 347 g/mol. The van der Waals surface area contributed by atoms with Crippen molar-refractivity contribution in [2.75, 3.05) is 26.0 Å². The van der Waals surface area contributed by atoms with Crippen LogP contribution in [-0.2, 0) is 9.53 Å². The fourth-order valence-corrected chi connectivity index (χ4v) is 2.70. The maximum Gasteiger partial charge on any atom is 0.336 e. The summed E-state index contributed by atoms with van der Waals surface area (Å²) in [5.41, 5.74) is 0.192. The van der Waals surface area contributed by atoms with Crippen LogP contribution in [0, 0.1) is 0 Å². The van der Waals surface area contributed by atoms with Crippen LogP contribution in [0.5, 0.6) is 0 Å². The number of thioether (sulfide) groups is 1. The lowest BCUT2D eigenvalue weighted by Crippen LogP contribution is -2.28. The molecule has 0 saturated heterocycles. The van der Waals surface area contributed by atoms with Crippen molar-refractivity contribution in [2.45, 2.75) is 4.90 Å². The lowest BCUT2D eigenvalue weighted by molar-refractivity contribution is -0.118. The molecule has 0 saturated carbocycles. The Balaban J connectivity index is 2.59. The fraction of sp³-hybridized carbons (Fsp3) is 0.333. The van der Waals surface area contributed by atoms with Gasteiger partial charge in [0.15, 0.2) is 0 Å². The summed E-state index contributed by atoms with van der Waals surface area (Å²) in [5, 5.41) is 11.7. The van der Waals surface area contributed by atoms with Crippen LogP contribution in [0.1, 0.15) is 10.4 Å². The number of hydrogen-bond donors (Lipinski definition) is 2. The second-order valence-electron chi connectivity index (χ2n) is 3.58. The van der Waals surface area contributed by atoms with Crippen LogP contribution in [0.4, 0.5) is 0 Å². The molecule has 19 heavy (non-hydrogen) atoms. The van der Waals surface area contributed by atoms with Gasteiger partial charge in [0, 0.05) is 23.0 Å². The van der Waals surface area contributed by atoms with E-state index in [1.165, 1.54) is 17.8 Å². The minimum Gasteiger partial charge on any atom is -0.478 e. The summed E-state index contributed by atoms with van der Waals surface area (Å²) < 4.78 is 5.59. The van der Waals surface area contributed by atoms with Gasteiger partial charge < -0.3 is 15.2 Å². The number of carboxylic acids is 1. The van der Waals surface area contributed by atoms with Crippen LogP contribution in [0.2, 0.25) is 0 Å². The molecule has 0 aliphatic heterocycles. The van der Waals surface area contributed by atoms with Gasteiger partial charge in [-0.25, -0.2) is 4.79 Å². The SMILES string of the molecule is COCCNC(=O)CSc1cc(Br)ccc1C(=O)O. The van der Waals surface area contributed by atoms with E-state index in [0.29, 0.717) is 18.0 Å². The lowest BCUT2D eigenvalue weighted by Gasteiger charge is -2.07. The highest BCUT2D eigenvalue weighted by Crippen LogP contribution is 2.26. The van der Waals surface area contributed by atoms with Gasteiger partial charge in [0.1, 0.15) is 0 Å². The highest BCUT2D eigenvalue weighted by atomic mass is 79.9. The third-order valence-corrected chi connectivity index (χ3v) is 3.71. The van der Waals surface area contributed by atoms with E-state index < -0.39 is 5.97 Å². The van der Waals surface area contributed by atoms with E-state index in [1.807, 2.05) is 0 Å². The standard InChI is InChI=1S/C12H14BrNO4S/c1-18-5-4-14-11(15)7-19-10-6-8(13)2-3-9(10)12(16)17/h2-3,6H,4-5,7H2,1H3,(H,14,15)(H,16,17). The van der Waals surface area contributed by atoms with Crippen LogP contribution in [-0.4, -0.2) is 43.0 Å². The predicted molar refractivity (Wildman–Crippen MR) is 76.7 cm³/mol. The molecule has 0 radical (unpaired) electrons. The zero-order valence-electron chi connectivity index (χ0n) is 10.3. The van der Waals surface area contributed by atoms with Crippen molar-refractivity contribution in [2.24, 2.45) is 0 Å². The molecule has 0 aliphatic carbocycles. The fourth-order valence-electron chi connectivity index (χ4n) is 1.28. The quantitative estimate of drug-likeness (QED) is 0.582. The van der Waals surface area contributed by atoms with Gasteiger partial charge >= 0.3 is 5.97 Å². The van der Waals surface area contributed by atoms with Crippen LogP contribution in [0.25, 0.3) is 0 Å². The van der Waals surface area contributed by atoms with Gasteiger partial charge in [-0.1, -0.05) is 15.9 Å². The number of ether oxygens (including phenoxy) is 1. The number of amides is 1. The molecular formula is C12H14BrNO4S. The molecule has 2 N–H and O–H groups in total. The lowest BCUT2D eigenvalue weighted by atomic mass is 10.2. The summed E-state index contributed by atoms with van der Waals surface area (Å²) in [6.07, 6.45) is 0. The molecule has 5 nitrogen and oxygen atoms in total. The minimum absolute atomic E-state index is 0.154. The highest BCUT2D eigenvalue weighted by Gasteiger charge is 2.12. The van der Waals surface area contributed by atoms with Gasteiger partial charge in [-0.05, 0) is 18.2 Å². The zero-order chi connectivity index (χ0) is 14.3. The topological polar surface area (TPSA) is 75.6 Å². The summed E-state index contributed by atoms with van der Waals surface area (Å²) in [5.74, 6) is -0.992. The molecular weight excluding hydrogens is 334 g/mol. The first kappa shape index (κ1) is 16.0. The van der Waals surface area contributed by atoms with E-state index in [4.69, 9.17) is 9.84 Å². The molecule has 0 aliphatic rings. The molecule has 7 heteroatoms. The summed E-state index contributed by atoms with van der Waals surface area (Å²) >= 11 is 4.47. The molecule has 0 atom stereocenters. The summed E-state index contributed by atoms with van der Waals surface area (Å²) in [4.78, 5) is 23.1. The van der Waals surface area contributed by atoms with Gasteiger partial charge in [-0.15, -0.1) is 11.8 Å². The molecule has 0 spiro atoms. The molecule has 1 amide bonds. The average molecular weight is 348 g/mol. The number of carboxylic acid groups (broad SMARTS) is 1. The largest absolute Gasteiger partial charge is 0.478 e. The zero-order valence-corrected chi connectivity index (χ0v) is 12.7. The van der Waals surface area contributed by atoms with Crippen LogP contribution in [0.3, 0.4) is 0 Å². The number of carbonyl (C=O) groups excluding carboxylic acids is 1. The van der Waals surface area contributed by atoms with Gasteiger partial charge in [0.05, 0.1) is 17.9 Å². The Bertz CT molecular complexity index is 467. The van der Waals surface area contributed by atoms with E-state index in [1.54, 1.807) is 19.2 Å². The second-order valence-corrected chi connectivity index (χ2v) is 5.51. The van der Waals surface area contributed by atoms with Crippen molar-refractivity contribution in [3.8, 4) is 0 Å². The van der Waals surface area contributed by atoms with Crippen molar-refractivity contribution < 1.29 is 19.4 Å². The van der Waals surface area contributed by atoms with Crippen molar-refractivity contribution in [1.29, 1.82) is 0 Å². The Kier molecular flexibility index (Phi) is 6.90. The number of nitrogens with one attached hydrogen (secondary N) is 1. The van der Waals surface area contributed by atoms with Gasteiger partial charge in [0.2, 0.25) is 5.91 Å². The van der Waals surface area contributed by atoms with Gasteiger partial charge in [0.25, 0.3) is 0 Å². The number of halogens is 1. The molecule has 0 bridgehead atoms. The molecule has 0 fully saturated rings. The molecule has 0 aromatic heterocycles. The van der Waals surface area contributed by atoms with Crippen LogP contribution in [0.15, 0.2) is 27.6 Å². The third kappa shape index (κ3) is 5.63. The number of methoxy groups -OCH3 is 1. The Morgan fingerprint density at radius 2 is 2.21 bits per heavy atom. The first-order chi connectivity index (χ1) is 9.04. The van der Waals surface area contributed by atoms with E-state index >= 15 is 0 Å². The smallest absolute Gasteiger partial charge is 0.336 e. The Hall–Kier alpha value is -1.05. The number of carbonyl (C=O) groups is 2. The summed E-state index contributed by atoms with van der Waals surface area (Å²) in [6, 6.07) is 4.86. The third-order valence-electron chi connectivity index (χ3n) is 2.16. The number of hydrogen-bond acceptors (Lipinski definition) is 4. The maximum atomic E-state index is 11.5. The van der Waals surface area contributed by atoms with Crippen LogP contribution >= 0.6 is 27.7 Å². The Labute approximate surface area is 123 Å². The molecule has 104 valence electrons. The van der Waals surface area contributed by atoms with Crippen molar-refractivity contribution in [3.63, 3.8) is 0 Å². The number of benzene rings is 1. The van der Waals surface area contributed by atoms with Crippen molar-refractivity contribution >= 4 is 39.6 Å². The predicted octanol–water partition coefficient (Wildman–Crippen LogP) is 2.00. The van der Waals surface area contributed by atoms with Gasteiger partial charge in [-0.3, -0.25) is 4.79 Å². The maximum absolute atomic E-state index is 11.5. The molecule has 0 heterocycles. The summed E-state index contributed by atoms with van der Waals surface area (Å²) in [6.45, 7) is 0.897. The Morgan fingerprint density at radius 1 is 1.47 bits per heavy atom. The molecule has 1 rings (SSSR count). The van der Waals surface area contributed by atoms with Crippen LogP contribution < -0.4 is 5.32 Å². The molecule has 1 aromatic rings. The number of rotatable bonds is 7. The van der Waals surface area contributed by atoms with Gasteiger partial charge in [-0.2, -0.15) is 0 Å². The van der Waals surface area contributed by atoms with E-state index in [-0.39, 0.29) is 17.2 Å². The minimum atomic E-state index is -1.00. The highest BCUT2D eigenvalue weighted by molar-refractivity contribution is 9.10. The first-order valence-electron chi connectivity index (χ1n) is 5.46. The number of aromatic carboxylic acids is 1. The molecule has 1 aromatic carbocycles.